The van der Waals surface area contributed by atoms with Gasteiger partial charge in [-0.2, -0.15) is 0 Å². The lowest BCUT2D eigenvalue weighted by Crippen LogP contribution is -2.31. The van der Waals surface area contributed by atoms with Crippen LogP contribution >= 0.6 is 0 Å². The van der Waals surface area contributed by atoms with E-state index in [2.05, 4.69) is 0 Å². The third-order valence-electron chi connectivity index (χ3n) is 5.57. The van der Waals surface area contributed by atoms with E-state index in [0.29, 0.717) is 13.1 Å². The Bertz CT molecular complexity index is 1060. The first kappa shape index (κ1) is 24.0. The quantitative estimate of drug-likeness (QED) is 0.430. The Balaban J connectivity index is 1.57. The van der Waals surface area contributed by atoms with E-state index in [1.165, 1.54) is 28.0 Å². The zero-order valence-electron chi connectivity index (χ0n) is 19.5. The Morgan fingerprint density at radius 2 is 1.61 bits per heavy atom. The van der Waals surface area contributed by atoms with E-state index in [0.717, 1.165) is 24.1 Å². The third-order valence-corrected chi connectivity index (χ3v) is 5.57. The molecule has 0 N–H and O–H groups in total. The molecular weight excluding hydrogens is 422 g/mol. The van der Waals surface area contributed by atoms with Crippen LogP contribution in [-0.2, 0) is 16.1 Å². The monoisotopic (exact) mass is 451 g/mol. The molecule has 8 nitrogen and oxygen atoms in total. The second-order valence-electron chi connectivity index (χ2n) is 8.26. The van der Waals surface area contributed by atoms with Crippen LogP contribution in [0.15, 0.2) is 42.5 Å². The summed E-state index contributed by atoms with van der Waals surface area (Å²) >= 11 is 0. The van der Waals surface area contributed by atoms with Crippen molar-refractivity contribution in [1.82, 2.24) is 9.80 Å². The lowest BCUT2D eigenvalue weighted by Gasteiger charge is -2.18. The lowest BCUT2D eigenvalue weighted by molar-refractivity contribution is -0.133. The maximum absolute atomic E-state index is 12.6. The SMILES string of the molecule is CCCCN1C(=O)c2ccc(C(=O)OCC(=O)N(C)Cc3ccc(N(C)C)cc3)cc2C1=O. The second kappa shape index (κ2) is 10.3. The summed E-state index contributed by atoms with van der Waals surface area (Å²) in [5.41, 5.74) is 2.61. The summed E-state index contributed by atoms with van der Waals surface area (Å²) in [6.45, 7) is 2.29. The minimum Gasteiger partial charge on any atom is -0.452 e. The average molecular weight is 452 g/mol. The van der Waals surface area contributed by atoms with E-state index in [4.69, 9.17) is 4.74 Å². The molecule has 0 saturated carbocycles. The van der Waals surface area contributed by atoms with Gasteiger partial charge < -0.3 is 14.5 Å². The molecule has 3 amide bonds. The number of esters is 1. The van der Waals surface area contributed by atoms with Crippen LogP contribution in [0.25, 0.3) is 0 Å². The Kier molecular flexibility index (Phi) is 7.48. The highest BCUT2D eigenvalue weighted by atomic mass is 16.5. The van der Waals surface area contributed by atoms with Crippen molar-refractivity contribution in [3.8, 4) is 0 Å². The number of amides is 3. The van der Waals surface area contributed by atoms with Crippen molar-refractivity contribution in [1.29, 1.82) is 0 Å². The van der Waals surface area contributed by atoms with Crippen LogP contribution in [0.4, 0.5) is 5.69 Å². The predicted octanol–water partition coefficient (Wildman–Crippen LogP) is 2.96. The Labute approximate surface area is 193 Å². The number of unbranched alkanes of at least 4 members (excludes halogenated alkanes) is 1. The molecule has 8 heteroatoms. The number of hydrogen-bond acceptors (Lipinski definition) is 6. The van der Waals surface area contributed by atoms with Crippen LogP contribution < -0.4 is 4.90 Å². The summed E-state index contributed by atoms with van der Waals surface area (Å²) in [5, 5.41) is 0. The van der Waals surface area contributed by atoms with Gasteiger partial charge in [0.05, 0.1) is 16.7 Å². The highest BCUT2D eigenvalue weighted by Crippen LogP contribution is 2.24. The zero-order chi connectivity index (χ0) is 24.1. The smallest absolute Gasteiger partial charge is 0.338 e. The maximum Gasteiger partial charge on any atom is 0.338 e. The van der Waals surface area contributed by atoms with E-state index in [1.807, 2.05) is 50.2 Å². The summed E-state index contributed by atoms with van der Waals surface area (Å²) in [6, 6.07) is 12.1. The molecule has 2 aromatic rings. The van der Waals surface area contributed by atoms with Gasteiger partial charge in [0, 0.05) is 39.9 Å². The van der Waals surface area contributed by atoms with Crippen LogP contribution in [0.3, 0.4) is 0 Å². The lowest BCUT2D eigenvalue weighted by atomic mass is 10.1. The molecule has 174 valence electrons. The number of benzene rings is 2. The van der Waals surface area contributed by atoms with Crippen LogP contribution in [0.2, 0.25) is 0 Å². The Morgan fingerprint density at radius 3 is 2.24 bits per heavy atom. The van der Waals surface area contributed by atoms with E-state index < -0.39 is 18.5 Å². The minimum absolute atomic E-state index is 0.127. The molecule has 0 aromatic heterocycles. The fourth-order valence-electron chi connectivity index (χ4n) is 3.52. The first-order valence-electron chi connectivity index (χ1n) is 10.9. The first-order chi connectivity index (χ1) is 15.7. The number of likely N-dealkylation sites (N-methyl/N-ethyl adjacent to an activating group) is 1. The summed E-state index contributed by atoms with van der Waals surface area (Å²) < 4.78 is 5.17. The van der Waals surface area contributed by atoms with Crippen molar-refractivity contribution in [3.63, 3.8) is 0 Å². The number of carbonyl (C=O) groups is 4. The van der Waals surface area contributed by atoms with Gasteiger partial charge in [0.1, 0.15) is 0 Å². The number of ether oxygens (including phenoxy) is 1. The van der Waals surface area contributed by atoms with Crippen LogP contribution in [0, 0.1) is 0 Å². The third kappa shape index (κ3) is 5.39. The largest absolute Gasteiger partial charge is 0.452 e. The van der Waals surface area contributed by atoms with E-state index in [1.54, 1.807) is 7.05 Å². The fraction of sp³-hybridized carbons (Fsp3) is 0.360. The van der Waals surface area contributed by atoms with E-state index in [-0.39, 0.29) is 28.5 Å². The van der Waals surface area contributed by atoms with Gasteiger partial charge >= 0.3 is 5.97 Å². The van der Waals surface area contributed by atoms with Crippen molar-refractivity contribution in [2.75, 3.05) is 39.2 Å². The van der Waals surface area contributed by atoms with Gasteiger partial charge in [0.15, 0.2) is 6.61 Å². The summed E-state index contributed by atoms with van der Waals surface area (Å²) in [7, 11) is 5.55. The molecule has 1 aliphatic rings. The molecule has 0 spiro atoms. The number of hydrogen-bond donors (Lipinski definition) is 0. The number of anilines is 1. The number of fused-ring (bicyclic) bond motifs is 1. The van der Waals surface area contributed by atoms with Crippen molar-refractivity contribution in [3.05, 3.63) is 64.7 Å². The van der Waals surface area contributed by atoms with E-state index in [9.17, 15) is 19.2 Å². The van der Waals surface area contributed by atoms with Crippen molar-refractivity contribution < 1.29 is 23.9 Å². The number of rotatable bonds is 9. The van der Waals surface area contributed by atoms with Gasteiger partial charge in [-0.05, 0) is 42.3 Å². The molecular formula is C25H29N3O5. The predicted molar refractivity (Wildman–Crippen MR) is 124 cm³/mol. The number of nitrogens with zero attached hydrogens (tertiary/aromatic N) is 3. The normalized spacial score (nSPS) is 12.5. The molecule has 33 heavy (non-hydrogen) atoms. The van der Waals surface area contributed by atoms with Gasteiger partial charge in [0.2, 0.25) is 0 Å². The molecule has 0 atom stereocenters. The first-order valence-corrected chi connectivity index (χ1v) is 10.9. The molecule has 1 aliphatic heterocycles. The standard InChI is InChI=1S/C25H29N3O5/c1-5-6-13-28-23(30)20-12-9-18(14-21(20)24(28)31)25(32)33-16-22(29)27(4)15-17-7-10-19(11-8-17)26(2)3/h7-12,14H,5-6,13,15-16H2,1-4H3. The van der Waals surface area contributed by atoms with Crippen molar-refractivity contribution >= 4 is 29.4 Å². The fourth-order valence-corrected chi connectivity index (χ4v) is 3.52. The molecule has 3 rings (SSSR count). The molecule has 0 saturated heterocycles. The maximum atomic E-state index is 12.6. The molecule has 0 radical (unpaired) electrons. The zero-order valence-corrected chi connectivity index (χ0v) is 19.5. The molecule has 0 aliphatic carbocycles. The van der Waals surface area contributed by atoms with Gasteiger partial charge in [-0.15, -0.1) is 0 Å². The topological polar surface area (TPSA) is 87.2 Å². The number of carbonyl (C=O) groups excluding carboxylic acids is 4. The Hall–Kier alpha value is -3.68. The van der Waals surface area contributed by atoms with Gasteiger partial charge in [-0.1, -0.05) is 25.5 Å². The molecule has 0 unspecified atom stereocenters. The molecule has 0 bridgehead atoms. The second-order valence-corrected chi connectivity index (χ2v) is 8.26. The van der Waals surface area contributed by atoms with Crippen molar-refractivity contribution in [2.24, 2.45) is 0 Å². The molecule has 2 aromatic carbocycles. The summed E-state index contributed by atoms with van der Waals surface area (Å²) in [4.78, 5) is 54.5. The van der Waals surface area contributed by atoms with Gasteiger partial charge in [-0.25, -0.2) is 4.79 Å². The number of imide groups is 1. The minimum atomic E-state index is -0.720. The van der Waals surface area contributed by atoms with Crippen LogP contribution in [0.1, 0.15) is 56.4 Å². The molecule has 1 heterocycles. The van der Waals surface area contributed by atoms with Crippen LogP contribution in [-0.4, -0.2) is 67.8 Å². The van der Waals surface area contributed by atoms with Gasteiger partial charge in [-0.3, -0.25) is 19.3 Å². The molecule has 0 fully saturated rings. The van der Waals surface area contributed by atoms with Gasteiger partial charge in [0.25, 0.3) is 17.7 Å². The highest BCUT2D eigenvalue weighted by Gasteiger charge is 2.35. The summed E-state index contributed by atoms with van der Waals surface area (Å²) in [5.74, 6) is -1.83. The van der Waals surface area contributed by atoms with E-state index >= 15 is 0 Å². The highest BCUT2D eigenvalue weighted by molar-refractivity contribution is 6.22. The van der Waals surface area contributed by atoms with Crippen LogP contribution in [0.5, 0.6) is 0 Å². The van der Waals surface area contributed by atoms with Crippen molar-refractivity contribution in [2.45, 2.75) is 26.3 Å². The average Bonchev–Trinajstić information content (AvgIpc) is 3.05. The summed E-state index contributed by atoms with van der Waals surface area (Å²) in [6.07, 6.45) is 1.57. The Morgan fingerprint density at radius 1 is 0.939 bits per heavy atom.